The topological polar surface area (TPSA) is 70.1 Å². The number of aromatic nitrogens is 2. The van der Waals surface area contributed by atoms with E-state index in [4.69, 9.17) is 5.73 Å². The summed E-state index contributed by atoms with van der Waals surface area (Å²) in [6, 6.07) is 2.98. The molecule has 0 saturated heterocycles. The van der Waals surface area contributed by atoms with Gasteiger partial charge in [-0.05, 0) is 12.1 Å². The van der Waals surface area contributed by atoms with E-state index >= 15 is 0 Å². The van der Waals surface area contributed by atoms with Crippen LogP contribution in [0.2, 0.25) is 0 Å². The predicted molar refractivity (Wildman–Crippen MR) is 68.6 cm³/mol. The smallest absolute Gasteiger partial charge is 0.360 e. The van der Waals surface area contributed by atoms with E-state index in [1.165, 1.54) is 11.7 Å². The van der Waals surface area contributed by atoms with E-state index in [2.05, 4.69) is 9.72 Å². The molecule has 1 aromatic heterocycles. The number of hydrogen-bond acceptors (Lipinski definition) is 4. The van der Waals surface area contributed by atoms with Crippen molar-refractivity contribution >= 4 is 11.8 Å². The number of anilines is 1. The standard InChI is InChI=1S/C13H13F2N3O2/c1-3-10-17-11(13(19)20-2)12(16)18(10)9-5-7(14)4-8(15)6-9/h4-6H,3,16H2,1-2H3. The second kappa shape index (κ2) is 5.28. The predicted octanol–water partition coefficient (Wildman–Crippen LogP) is 2.08. The zero-order chi connectivity index (χ0) is 14.9. The van der Waals surface area contributed by atoms with E-state index in [9.17, 15) is 13.6 Å². The van der Waals surface area contributed by atoms with Crippen LogP contribution in [-0.4, -0.2) is 22.6 Å². The highest BCUT2D eigenvalue weighted by Gasteiger charge is 2.21. The Bertz CT molecular complexity index is 648. The van der Waals surface area contributed by atoms with Crippen LogP contribution >= 0.6 is 0 Å². The fourth-order valence-corrected chi connectivity index (χ4v) is 1.92. The molecular formula is C13H13F2N3O2. The molecule has 0 aliphatic heterocycles. The molecule has 0 spiro atoms. The summed E-state index contributed by atoms with van der Waals surface area (Å²) in [5.74, 6) is -1.79. The molecule has 0 atom stereocenters. The number of ether oxygens (including phenoxy) is 1. The third-order valence-electron chi connectivity index (χ3n) is 2.78. The molecule has 0 aliphatic carbocycles. The van der Waals surface area contributed by atoms with Crippen LogP contribution in [0, 0.1) is 11.6 Å². The summed E-state index contributed by atoms with van der Waals surface area (Å²) in [6.45, 7) is 1.79. The molecule has 2 rings (SSSR count). The van der Waals surface area contributed by atoms with Gasteiger partial charge >= 0.3 is 5.97 Å². The molecular weight excluding hydrogens is 268 g/mol. The lowest BCUT2D eigenvalue weighted by atomic mass is 10.3. The average Bonchev–Trinajstić information content (AvgIpc) is 2.73. The normalized spacial score (nSPS) is 10.6. The highest BCUT2D eigenvalue weighted by atomic mass is 19.1. The number of nitrogen functional groups attached to an aromatic ring is 1. The second-order valence-electron chi connectivity index (χ2n) is 4.07. The Kier molecular flexibility index (Phi) is 3.69. The van der Waals surface area contributed by atoms with Crippen molar-refractivity contribution in [2.45, 2.75) is 13.3 Å². The lowest BCUT2D eigenvalue weighted by Gasteiger charge is -2.09. The Morgan fingerprint density at radius 3 is 2.45 bits per heavy atom. The molecule has 0 fully saturated rings. The van der Waals surface area contributed by atoms with Crippen LogP contribution in [0.5, 0.6) is 0 Å². The molecule has 20 heavy (non-hydrogen) atoms. The first-order valence-corrected chi connectivity index (χ1v) is 5.89. The maximum Gasteiger partial charge on any atom is 0.360 e. The van der Waals surface area contributed by atoms with Gasteiger partial charge < -0.3 is 10.5 Å². The molecule has 5 nitrogen and oxygen atoms in total. The lowest BCUT2D eigenvalue weighted by molar-refractivity contribution is 0.0595. The minimum Gasteiger partial charge on any atom is -0.464 e. The Morgan fingerprint density at radius 2 is 1.95 bits per heavy atom. The van der Waals surface area contributed by atoms with Crippen LogP contribution < -0.4 is 5.73 Å². The molecule has 0 bridgehead atoms. The van der Waals surface area contributed by atoms with Gasteiger partial charge in [-0.1, -0.05) is 6.92 Å². The van der Waals surface area contributed by atoms with Gasteiger partial charge in [-0.25, -0.2) is 18.6 Å². The fourth-order valence-electron chi connectivity index (χ4n) is 1.92. The van der Waals surface area contributed by atoms with Crippen LogP contribution in [0.15, 0.2) is 18.2 Å². The van der Waals surface area contributed by atoms with E-state index in [1.54, 1.807) is 6.92 Å². The van der Waals surface area contributed by atoms with Crippen molar-refractivity contribution in [1.82, 2.24) is 9.55 Å². The first-order chi connectivity index (χ1) is 9.47. The number of nitrogens with zero attached hydrogens (tertiary/aromatic N) is 2. The molecule has 1 aromatic carbocycles. The van der Waals surface area contributed by atoms with Gasteiger partial charge in [-0.3, -0.25) is 4.57 Å². The van der Waals surface area contributed by atoms with Gasteiger partial charge in [-0.15, -0.1) is 0 Å². The van der Waals surface area contributed by atoms with Gasteiger partial charge in [0.15, 0.2) is 5.69 Å². The van der Waals surface area contributed by atoms with E-state index in [0.717, 1.165) is 18.2 Å². The third-order valence-corrected chi connectivity index (χ3v) is 2.78. The monoisotopic (exact) mass is 281 g/mol. The Morgan fingerprint density at radius 1 is 1.35 bits per heavy atom. The summed E-state index contributed by atoms with van der Waals surface area (Å²) in [4.78, 5) is 15.6. The summed E-state index contributed by atoms with van der Waals surface area (Å²) >= 11 is 0. The number of aryl methyl sites for hydroxylation is 1. The summed E-state index contributed by atoms with van der Waals surface area (Å²) in [5.41, 5.74) is 5.93. The molecule has 106 valence electrons. The number of esters is 1. The lowest BCUT2D eigenvalue weighted by Crippen LogP contribution is -2.08. The largest absolute Gasteiger partial charge is 0.464 e. The van der Waals surface area contributed by atoms with Crippen molar-refractivity contribution in [2.24, 2.45) is 0 Å². The van der Waals surface area contributed by atoms with Gasteiger partial charge in [0.05, 0.1) is 12.8 Å². The quantitative estimate of drug-likeness (QED) is 0.874. The van der Waals surface area contributed by atoms with Crippen LogP contribution in [0.1, 0.15) is 23.2 Å². The number of carbonyl (C=O) groups is 1. The van der Waals surface area contributed by atoms with Crippen molar-refractivity contribution in [2.75, 3.05) is 12.8 Å². The number of hydrogen-bond donors (Lipinski definition) is 1. The van der Waals surface area contributed by atoms with Crippen LogP contribution in [-0.2, 0) is 11.2 Å². The second-order valence-corrected chi connectivity index (χ2v) is 4.07. The number of methoxy groups -OCH3 is 1. The molecule has 0 radical (unpaired) electrons. The summed E-state index contributed by atoms with van der Waals surface area (Å²) in [5, 5.41) is 0. The van der Waals surface area contributed by atoms with Gasteiger partial charge in [0.2, 0.25) is 0 Å². The molecule has 7 heteroatoms. The number of carbonyl (C=O) groups excluding carboxylic acids is 1. The van der Waals surface area contributed by atoms with Crippen LogP contribution in [0.3, 0.4) is 0 Å². The molecule has 2 N–H and O–H groups in total. The van der Waals surface area contributed by atoms with Crippen molar-refractivity contribution in [1.29, 1.82) is 0 Å². The van der Waals surface area contributed by atoms with Crippen molar-refractivity contribution in [3.05, 3.63) is 41.4 Å². The van der Waals surface area contributed by atoms with E-state index in [1.807, 2.05) is 0 Å². The van der Waals surface area contributed by atoms with Gasteiger partial charge in [0, 0.05) is 12.5 Å². The molecule has 1 heterocycles. The maximum absolute atomic E-state index is 13.3. The summed E-state index contributed by atoms with van der Waals surface area (Å²) in [6.07, 6.45) is 0.430. The summed E-state index contributed by atoms with van der Waals surface area (Å²) < 4.78 is 32.5. The van der Waals surface area contributed by atoms with Crippen molar-refractivity contribution in [3.63, 3.8) is 0 Å². The molecule has 0 saturated carbocycles. The number of imidazole rings is 1. The van der Waals surface area contributed by atoms with Crippen molar-refractivity contribution in [3.8, 4) is 5.69 Å². The van der Waals surface area contributed by atoms with E-state index in [0.29, 0.717) is 12.2 Å². The maximum atomic E-state index is 13.3. The third kappa shape index (κ3) is 2.34. The number of halogens is 2. The minimum absolute atomic E-state index is 0.0151. The first kappa shape index (κ1) is 14.0. The summed E-state index contributed by atoms with van der Waals surface area (Å²) in [7, 11) is 1.20. The number of nitrogens with two attached hydrogens (primary N) is 1. The molecule has 0 aliphatic rings. The van der Waals surface area contributed by atoms with Gasteiger partial charge in [0.25, 0.3) is 0 Å². The number of benzene rings is 1. The van der Waals surface area contributed by atoms with E-state index in [-0.39, 0.29) is 17.2 Å². The Labute approximate surface area is 114 Å². The Balaban J connectivity index is 2.66. The van der Waals surface area contributed by atoms with Crippen LogP contribution in [0.4, 0.5) is 14.6 Å². The van der Waals surface area contributed by atoms with Gasteiger partial charge in [0.1, 0.15) is 23.3 Å². The minimum atomic E-state index is -0.741. The average molecular weight is 281 g/mol. The van der Waals surface area contributed by atoms with E-state index < -0.39 is 17.6 Å². The zero-order valence-electron chi connectivity index (χ0n) is 11.0. The highest BCUT2D eigenvalue weighted by Crippen LogP contribution is 2.23. The SMILES string of the molecule is CCc1nc(C(=O)OC)c(N)n1-c1cc(F)cc(F)c1. The zero-order valence-corrected chi connectivity index (χ0v) is 11.0. The molecule has 0 unspecified atom stereocenters. The van der Waals surface area contributed by atoms with Gasteiger partial charge in [-0.2, -0.15) is 0 Å². The Hall–Kier alpha value is -2.44. The molecule has 2 aromatic rings. The highest BCUT2D eigenvalue weighted by molar-refractivity contribution is 5.92. The first-order valence-electron chi connectivity index (χ1n) is 5.89. The van der Waals surface area contributed by atoms with Crippen molar-refractivity contribution < 1.29 is 18.3 Å². The number of rotatable bonds is 3. The van der Waals surface area contributed by atoms with Crippen LogP contribution in [0.25, 0.3) is 5.69 Å². The fraction of sp³-hybridized carbons (Fsp3) is 0.231. The molecule has 0 amide bonds.